The second kappa shape index (κ2) is 7.02. The number of primary amides is 1. The summed E-state index contributed by atoms with van der Waals surface area (Å²) in [5, 5.41) is 12.6. The van der Waals surface area contributed by atoms with Gasteiger partial charge in [-0.1, -0.05) is 0 Å². The van der Waals surface area contributed by atoms with Gasteiger partial charge in [0.2, 0.25) is 5.91 Å². The van der Waals surface area contributed by atoms with Crippen molar-refractivity contribution in [2.45, 2.75) is 18.9 Å². The average Bonchev–Trinajstić information content (AvgIpc) is 2.43. The van der Waals surface area contributed by atoms with E-state index in [0.29, 0.717) is 24.2 Å². The van der Waals surface area contributed by atoms with E-state index in [4.69, 9.17) is 10.5 Å². The first-order valence-corrected chi connectivity index (χ1v) is 6.25. The van der Waals surface area contributed by atoms with E-state index >= 15 is 0 Å². The van der Waals surface area contributed by atoms with Gasteiger partial charge in [-0.15, -0.1) is 0 Å². The predicted octanol–water partition coefficient (Wildman–Crippen LogP) is 0.303. The molecule has 0 fully saturated rings. The van der Waals surface area contributed by atoms with Gasteiger partial charge in [0.1, 0.15) is 0 Å². The van der Waals surface area contributed by atoms with Crippen LogP contribution in [0.5, 0.6) is 0 Å². The van der Waals surface area contributed by atoms with Gasteiger partial charge in [0.15, 0.2) is 0 Å². The van der Waals surface area contributed by atoms with E-state index < -0.39 is 11.5 Å². The summed E-state index contributed by atoms with van der Waals surface area (Å²) in [6.07, 6.45) is 0.421. The largest absolute Gasteiger partial charge is 0.388 e. The molecule has 0 aliphatic heterocycles. The maximum atomic E-state index is 11.9. The van der Waals surface area contributed by atoms with Crippen LogP contribution in [0.3, 0.4) is 0 Å². The monoisotopic (exact) mass is 280 g/mol. The van der Waals surface area contributed by atoms with Gasteiger partial charge in [0.05, 0.1) is 5.60 Å². The normalized spacial score (nSPS) is 13.6. The molecule has 4 N–H and O–H groups in total. The molecule has 1 aromatic carbocycles. The first-order valence-electron chi connectivity index (χ1n) is 6.25. The zero-order valence-corrected chi connectivity index (χ0v) is 11.7. The van der Waals surface area contributed by atoms with E-state index in [1.54, 1.807) is 14.0 Å². The molecule has 110 valence electrons. The van der Waals surface area contributed by atoms with Crippen LogP contribution in [-0.4, -0.2) is 42.8 Å². The Morgan fingerprint density at radius 2 is 1.85 bits per heavy atom. The molecule has 1 aromatic rings. The first kappa shape index (κ1) is 16.1. The van der Waals surface area contributed by atoms with Crippen molar-refractivity contribution >= 4 is 11.8 Å². The van der Waals surface area contributed by atoms with Gasteiger partial charge in [-0.05, 0) is 31.2 Å². The first-order chi connectivity index (χ1) is 9.35. The van der Waals surface area contributed by atoms with E-state index in [1.165, 1.54) is 24.3 Å². The Hall–Kier alpha value is -1.92. The summed E-state index contributed by atoms with van der Waals surface area (Å²) in [6.45, 7) is 2.16. The van der Waals surface area contributed by atoms with Crippen molar-refractivity contribution < 1.29 is 19.4 Å². The summed E-state index contributed by atoms with van der Waals surface area (Å²) < 4.78 is 4.89. The quantitative estimate of drug-likeness (QED) is 0.668. The summed E-state index contributed by atoms with van der Waals surface area (Å²) in [5.41, 5.74) is 4.83. The zero-order chi connectivity index (χ0) is 15.2. The van der Waals surface area contributed by atoms with E-state index in [0.717, 1.165) is 0 Å². The molecule has 1 rings (SSSR count). The maximum Gasteiger partial charge on any atom is 0.251 e. The standard InChI is InChI=1S/C14H20N2O4/c1-14(19,7-8-20-2)9-16-13(18)11-5-3-10(4-6-11)12(15)17/h3-6,19H,7-9H2,1-2H3,(H2,15,17)(H,16,18). The molecule has 0 saturated carbocycles. The van der Waals surface area contributed by atoms with Crippen LogP contribution in [0.4, 0.5) is 0 Å². The van der Waals surface area contributed by atoms with Crippen LogP contribution in [0, 0.1) is 0 Å². The number of nitrogens with two attached hydrogens (primary N) is 1. The summed E-state index contributed by atoms with van der Waals surface area (Å²) in [5.74, 6) is -0.863. The highest BCUT2D eigenvalue weighted by atomic mass is 16.5. The minimum Gasteiger partial charge on any atom is -0.388 e. The molecule has 6 nitrogen and oxygen atoms in total. The second-order valence-electron chi connectivity index (χ2n) is 4.86. The van der Waals surface area contributed by atoms with E-state index in [2.05, 4.69) is 5.32 Å². The minimum atomic E-state index is -1.03. The smallest absolute Gasteiger partial charge is 0.251 e. The lowest BCUT2D eigenvalue weighted by molar-refractivity contribution is 0.0243. The van der Waals surface area contributed by atoms with Crippen LogP contribution in [0.1, 0.15) is 34.1 Å². The molecule has 0 aliphatic carbocycles. The molecule has 20 heavy (non-hydrogen) atoms. The fraction of sp³-hybridized carbons (Fsp3) is 0.429. The summed E-state index contributed by atoms with van der Waals surface area (Å²) in [4.78, 5) is 22.8. The number of amides is 2. The fourth-order valence-corrected chi connectivity index (χ4v) is 1.57. The number of carbonyl (C=O) groups excluding carboxylic acids is 2. The van der Waals surface area contributed by atoms with Crippen LogP contribution in [0.15, 0.2) is 24.3 Å². The fourth-order valence-electron chi connectivity index (χ4n) is 1.57. The van der Waals surface area contributed by atoms with Crippen LogP contribution < -0.4 is 11.1 Å². The van der Waals surface area contributed by atoms with Crippen LogP contribution in [0.25, 0.3) is 0 Å². The van der Waals surface area contributed by atoms with Gasteiger partial charge in [-0.25, -0.2) is 0 Å². The summed E-state index contributed by atoms with van der Waals surface area (Å²) >= 11 is 0. The molecular formula is C14H20N2O4. The number of hydrogen-bond donors (Lipinski definition) is 3. The SMILES string of the molecule is COCCC(C)(O)CNC(=O)c1ccc(C(N)=O)cc1. The Balaban J connectivity index is 2.56. The molecule has 0 saturated heterocycles. The molecule has 0 heterocycles. The van der Waals surface area contributed by atoms with Crippen molar-refractivity contribution in [3.63, 3.8) is 0 Å². The highest BCUT2D eigenvalue weighted by molar-refractivity contribution is 5.97. The topological polar surface area (TPSA) is 102 Å². The second-order valence-corrected chi connectivity index (χ2v) is 4.86. The van der Waals surface area contributed by atoms with E-state index in [-0.39, 0.29) is 12.5 Å². The van der Waals surface area contributed by atoms with Gasteiger partial charge in [-0.2, -0.15) is 0 Å². The lowest BCUT2D eigenvalue weighted by atomic mass is 10.0. The van der Waals surface area contributed by atoms with Crippen LogP contribution in [-0.2, 0) is 4.74 Å². The van der Waals surface area contributed by atoms with E-state index in [1.807, 2.05) is 0 Å². The molecule has 0 bridgehead atoms. The predicted molar refractivity (Wildman–Crippen MR) is 74.4 cm³/mol. The minimum absolute atomic E-state index is 0.118. The molecule has 6 heteroatoms. The number of ether oxygens (including phenoxy) is 1. The van der Waals surface area contributed by atoms with Crippen molar-refractivity contribution in [1.29, 1.82) is 0 Å². The number of methoxy groups -OCH3 is 1. The number of nitrogens with one attached hydrogen (secondary N) is 1. The zero-order valence-electron chi connectivity index (χ0n) is 11.7. The van der Waals surface area contributed by atoms with Crippen molar-refractivity contribution in [3.8, 4) is 0 Å². The van der Waals surface area contributed by atoms with Crippen LogP contribution >= 0.6 is 0 Å². The number of rotatable bonds is 7. The van der Waals surface area contributed by atoms with Gasteiger partial charge in [0.25, 0.3) is 5.91 Å². The van der Waals surface area contributed by atoms with Gasteiger partial charge in [-0.3, -0.25) is 9.59 Å². The Morgan fingerprint density at radius 3 is 2.35 bits per heavy atom. The lowest BCUT2D eigenvalue weighted by Gasteiger charge is -2.23. The molecule has 1 unspecified atom stereocenters. The van der Waals surface area contributed by atoms with Crippen molar-refractivity contribution in [2.75, 3.05) is 20.3 Å². The third-order valence-electron chi connectivity index (χ3n) is 2.91. The maximum absolute atomic E-state index is 11.9. The number of aliphatic hydroxyl groups is 1. The number of hydrogen-bond acceptors (Lipinski definition) is 4. The third kappa shape index (κ3) is 4.99. The third-order valence-corrected chi connectivity index (χ3v) is 2.91. The van der Waals surface area contributed by atoms with Gasteiger partial charge in [0, 0.05) is 37.8 Å². The molecule has 0 spiro atoms. The number of carbonyl (C=O) groups is 2. The lowest BCUT2D eigenvalue weighted by Crippen LogP contribution is -2.41. The van der Waals surface area contributed by atoms with Gasteiger partial charge < -0.3 is 20.9 Å². The Bertz CT molecular complexity index is 469. The molecule has 2 amide bonds. The van der Waals surface area contributed by atoms with Crippen molar-refractivity contribution in [1.82, 2.24) is 5.32 Å². The van der Waals surface area contributed by atoms with E-state index in [9.17, 15) is 14.7 Å². The number of benzene rings is 1. The molecule has 1 atom stereocenters. The molecule has 0 radical (unpaired) electrons. The highest BCUT2D eigenvalue weighted by Gasteiger charge is 2.21. The highest BCUT2D eigenvalue weighted by Crippen LogP contribution is 2.09. The Morgan fingerprint density at radius 1 is 1.30 bits per heavy atom. The Kier molecular flexibility index (Phi) is 5.66. The average molecular weight is 280 g/mol. The molecule has 0 aromatic heterocycles. The van der Waals surface area contributed by atoms with Crippen LogP contribution in [0.2, 0.25) is 0 Å². The molecular weight excluding hydrogens is 260 g/mol. The molecule has 0 aliphatic rings. The Labute approximate surface area is 117 Å². The van der Waals surface area contributed by atoms with Crippen molar-refractivity contribution in [2.24, 2.45) is 5.73 Å². The summed E-state index contributed by atoms with van der Waals surface area (Å²) in [7, 11) is 1.55. The van der Waals surface area contributed by atoms with Crippen molar-refractivity contribution in [3.05, 3.63) is 35.4 Å². The van der Waals surface area contributed by atoms with Gasteiger partial charge >= 0.3 is 0 Å². The summed E-state index contributed by atoms with van der Waals surface area (Å²) in [6, 6.07) is 6.00.